The Morgan fingerprint density at radius 2 is 1.90 bits per heavy atom. The summed E-state index contributed by atoms with van der Waals surface area (Å²) in [4.78, 5) is 12.1. The van der Waals surface area contributed by atoms with Gasteiger partial charge in [0, 0.05) is 13.0 Å². The second-order valence-electron chi connectivity index (χ2n) is 7.66. The first-order valence-electron chi connectivity index (χ1n) is 7.91. The van der Waals surface area contributed by atoms with Crippen LogP contribution < -0.4 is 11.1 Å². The molecule has 0 radical (unpaired) electrons. The van der Waals surface area contributed by atoms with E-state index < -0.39 is 6.10 Å². The summed E-state index contributed by atoms with van der Waals surface area (Å²) in [5, 5.41) is 12.8. The Bertz CT molecular complexity index is 304. The molecule has 1 unspecified atom stereocenters. The van der Waals surface area contributed by atoms with Crippen molar-refractivity contribution in [1.82, 2.24) is 5.32 Å². The quantitative estimate of drug-likeness (QED) is 0.700. The molecule has 1 aliphatic carbocycles. The molecule has 4 N–H and O–H groups in total. The molecular weight excluding hydrogens is 252 g/mol. The molecule has 0 spiro atoms. The molecule has 118 valence electrons. The van der Waals surface area contributed by atoms with E-state index in [1.165, 1.54) is 19.3 Å². The van der Waals surface area contributed by atoms with Crippen LogP contribution in [0.15, 0.2) is 0 Å². The van der Waals surface area contributed by atoms with E-state index in [1.54, 1.807) is 0 Å². The van der Waals surface area contributed by atoms with Crippen molar-refractivity contribution in [3.63, 3.8) is 0 Å². The third-order valence-electron chi connectivity index (χ3n) is 4.27. The normalized spacial score (nSPS) is 20.4. The molecule has 0 aromatic heterocycles. The minimum absolute atomic E-state index is 0.00267. The highest BCUT2D eigenvalue weighted by atomic mass is 16.3. The Labute approximate surface area is 123 Å². The molecule has 1 atom stereocenters. The summed E-state index contributed by atoms with van der Waals surface area (Å²) in [6.45, 7) is 7.19. The maximum absolute atomic E-state index is 12.1. The van der Waals surface area contributed by atoms with Crippen molar-refractivity contribution in [2.45, 2.75) is 71.8 Å². The van der Waals surface area contributed by atoms with Crippen molar-refractivity contribution in [2.75, 3.05) is 13.1 Å². The highest BCUT2D eigenvalue weighted by Crippen LogP contribution is 2.38. The number of nitrogens with two attached hydrogens (primary N) is 1. The molecule has 1 rings (SSSR count). The fourth-order valence-electron chi connectivity index (χ4n) is 3.17. The average molecular weight is 284 g/mol. The number of carbonyl (C=O) groups excluding carboxylic acids is 1. The fraction of sp³-hybridized carbons (Fsp3) is 0.938. The van der Waals surface area contributed by atoms with Crippen LogP contribution in [-0.4, -0.2) is 30.2 Å². The molecule has 0 bridgehead atoms. The summed E-state index contributed by atoms with van der Waals surface area (Å²) >= 11 is 0. The van der Waals surface area contributed by atoms with Crippen molar-refractivity contribution in [1.29, 1.82) is 0 Å². The molecule has 0 aromatic carbocycles. The average Bonchev–Trinajstić information content (AvgIpc) is 2.35. The minimum Gasteiger partial charge on any atom is -0.391 e. The van der Waals surface area contributed by atoms with E-state index in [1.807, 2.05) is 0 Å². The zero-order valence-corrected chi connectivity index (χ0v) is 13.4. The number of amides is 1. The van der Waals surface area contributed by atoms with Gasteiger partial charge >= 0.3 is 0 Å². The van der Waals surface area contributed by atoms with Crippen LogP contribution in [-0.2, 0) is 4.79 Å². The van der Waals surface area contributed by atoms with Crippen LogP contribution in [0.25, 0.3) is 0 Å². The first-order chi connectivity index (χ1) is 9.26. The van der Waals surface area contributed by atoms with Crippen LogP contribution in [0.4, 0.5) is 0 Å². The first kappa shape index (κ1) is 17.4. The lowest BCUT2D eigenvalue weighted by Crippen LogP contribution is -2.41. The van der Waals surface area contributed by atoms with Gasteiger partial charge in [-0.25, -0.2) is 0 Å². The van der Waals surface area contributed by atoms with E-state index in [-0.39, 0.29) is 16.7 Å². The summed E-state index contributed by atoms with van der Waals surface area (Å²) in [6.07, 6.45) is 6.45. The number of aliphatic hydroxyl groups excluding tert-OH is 1. The molecule has 20 heavy (non-hydrogen) atoms. The predicted molar refractivity (Wildman–Crippen MR) is 82.3 cm³/mol. The number of hydrogen-bond acceptors (Lipinski definition) is 3. The van der Waals surface area contributed by atoms with Gasteiger partial charge in [-0.2, -0.15) is 0 Å². The number of hydrogen-bond donors (Lipinski definition) is 3. The fourth-order valence-corrected chi connectivity index (χ4v) is 3.17. The summed E-state index contributed by atoms with van der Waals surface area (Å²) in [5.41, 5.74) is 5.97. The second-order valence-corrected chi connectivity index (χ2v) is 7.66. The van der Waals surface area contributed by atoms with Gasteiger partial charge in [-0.3, -0.25) is 4.79 Å². The Kier molecular flexibility index (Phi) is 6.46. The van der Waals surface area contributed by atoms with Crippen LogP contribution in [0.1, 0.15) is 65.7 Å². The highest BCUT2D eigenvalue weighted by Gasteiger charge is 2.33. The van der Waals surface area contributed by atoms with Crippen LogP contribution in [0.2, 0.25) is 0 Å². The van der Waals surface area contributed by atoms with E-state index in [9.17, 15) is 9.90 Å². The summed E-state index contributed by atoms with van der Waals surface area (Å²) in [6, 6.07) is 0. The van der Waals surface area contributed by atoms with Gasteiger partial charge in [-0.05, 0) is 36.6 Å². The van der Waals surface area contributed by atoms with Gasteiger partial charge in [0.2, 0.25) is 5.91 Å². The van der Waals surface area contributed by atoms with Gasteiger partial charge < -0.3 is 16.2 Å². The largest absolute Gasteiger partial charge is 0.391 e. The van der Waals surface area contributed by atoms with Crippen molar-refractivity contribution >= 4 is 5.91 Å². The zero-order chi connectivity index (χ0) is 15.2. The number of aliphatic hydroxyl groups is 1. The Morgan fingerprint density at radius 1 is 1.30 bits per heavy atom. The van der Waals surface area contributed by atoms with Crippen LogP contribution in [0, 0.1) is 10.8 Å². The van der Waals surface area contributed by atoms with Crippen molar-refractivity contribution in [3.8, 4) is 0 Å². The molecule has 0 aliphatic heterocycles. The van der Waals surface area contributed by atoms with E-state index in [4.69, 9.17) is 5.73 Å². The molecule has 4 heteroatoms. The molecule has 1 saturated carbocycles. The van der Waals surface area contributed by atoms with Crippen LogP contribution in [0.5, 0.6) is 0 Å². The SMILES string of the molecule is CC(C)(C)CC(O)CNC(=O)CC1(CN)CCCCC1. The van der Waals surface area contributed by atoms with Crippen molar-refractivity contribution < 1.29 is 9.90 Å². The van der Waals surface area contributed by atoms with E-state index in [0.717, 1.165) is 12.8 Å². The van der Waals surface area contributed by atoms with Gasteiger partial charge in [0.05, 0.1) is 6.10 Å². The monoisotopic (exact) mass is 284 g/mol. The maximum Gasteiger partial charge on any atom is 0.220 e. The maximum atomic E-state index is 12.1. The molecule has 1 aliphatic rings. The third-order valence-corrected chi connectivity index (χ3v) is 4.27. The minimum atomic E-state index is -0.473. The molecule has 4 nitrogen and oxygen atoms in total. The molecule has 0 heterocycles. The van der Waals surface area contributed by atoms with Gasteiger partial charge in [-0.1, -0.05) is 40.0 Å². The number of nitrogens with one attached hydrogen (secondary N) is 1. The van der Waals surface area contributed by atoms with E-state index in [0.29, 0.717) is 25.9 Å². The predicted octanol–water partition coefficient (Wildman–Crippen LogP) is 2.20. The van der Waals surface area contributed by atoms with Gasteiger partial charge in [0.25, 0.3) is 0 Å². The van der Waals surface area contributed by atoms with E-state index in [2.05, 4.69) is 26.1 Å². The van der Waals surface area contributed by atoms with Crippen molar-refractivity contribution in [3.05, 3.63) is 0 Å². The summed E-state index contributed by atoms with van der Waals surface area (Å²) in [5.74, 6) is 0.0327. The first-order valence-corrected chi connectivity index (χ1v) is 7.91. The van der Waals surface area contributed by atoms with E-state index >= 15 is 0 Å². The zero-order valence-electron chi connectivity index (χ0n) is 13.4. The van der Waals surface area contributed by atoms with Crippen LogP contribution >= 0.6 is 0 Å². The standard InChI is InChI=1S/C16H32N2O2/c1-15(2,3)9-13(19)11-18-14(20)10-16(12-17)7-5-4-6-8-16/h13,19H,4-12,17H2,1-3H3,(H,18,20). The number of carbonyl (C=O) groups is 1. The molecular formula is C16H32N2O2. The van der Waals surface area contributed by atoms with Crippen LogP contribution in [0.3, 0.4) is 0 Å². The summed E-state index contributed by atoms with van der Waals surface area (Å²) < 4.78 is 0. The Hall–Kier alpha value is -0.610. The smallest absolute Gasteiger partial charge is 0.220 e. The summed E-state index contributed by atoms with van der Waals surface area (Å²) in [7, 11) is 0. The lowest BCUT2D eigenvalue weighted by Gasteiger charge is -2.35. The highest BCUT2D eigenvalue weighted by molar-refractivity contribution is 5.76. The Balaban J connectivity index is 2.35. The lowest BCUT2D eigenvalue weighted by atomic mass is 9.71. The lowest BCUT2D eigenvalue weighted by molar-refractivity contribution is -0.124. The van der Waals surface area contributed by atoms with Crippen molar-refractivity contribution in [2.24, 2.45) is 16.6 Å². The number of rotatable bonds is 6. The van der Waals surface area contributed by atoms with Gasteiger partial charge in [0.15, 0.2) is 0 Å². The Morgan fingerprint density at radius 3 is 2.40 bits per heavy atom. The molecule has 0 aromatic rings. The third kappa shape index (κ3) is 6.23. The topological polar surface area (TPSA) is 75.3 Å². The molecule has 0 saturated heterocycles. The molecule has 1 fully saturated rings. The molecule has 1 amide bonds. The van der Waals surface area contributed by atoms with Gasteiger partial charge in [0.1, 0.15) is 0 Å². The van der Waals surface area contributed by atoms with Gasteiger partial charge in [-0.15, -0.1) is 0 Å². The second kappa shape index (κ2) is 7.41.